The predicted molar refractivity (Wildman–Crippen MR) is 61.1 cm³/mol. The molecule has 0 aliphatic rings. The zero-order chi connectivity index (χ0) is 13.8. The third-order valence-electron chi connectivity index (χ3n) is 1.42. The topological polar surface area (TPSA) is 93.1 Å². The Morgan fingerprint density at radius 3 is 1.71 bits per heavy atom. The molecule has 0 unspecified atom stereocenters. The average Bonchev–Trinajstić information content (AvgIpc) is 2.36. The van der Waals surface area contributed by atoms with Crippen molar-refractivity contribution in [1.29, 1.82) is 0 Å². The summed E-state index contributed by atoms with van der Waals surface area (Å²) in [5.41, 5.74) is 0.171. The van der Waals surface area contributed by atoms with E-state index in [1.165, 1.54) is 7.11 Å². The van der Waals surface area contributed by atoms with Gasteiger partial charge in [0.15, 0.2) is 0 Å². The van der Waals surface area contributed by atoms with Gasteiger partial charge in [0, 0.05) is 0 Å². The maximum atomic E-state index is 10.5. The van der Waals surface area contributed by atoms with Gasteiger partial charge in [-0.25, -0.2) is 9.59 Å². The van der Waals surface area contributed by atoms with Gasteiger partial charge in [-0.2, -0.15) is 0 Å². The molecule has 6 heteroatoms. The zero-order valence-corrected chi connectivity index (χ0v) is 10.1. The minimum Gasteiger partial charge on any atom is -0.466 e. The number of hydrogen-bond donors (Lipinski definition) is 2. The summed E-state index contributed by atoms with van der Waals surface area (Å²) in [5.74, 6) is -1.09. The highest BCUT2D eigenvalue weighted by molar-refractivity contribution is 5.88. The summed E-state index contributed by atoms with van der Waals surface area (Å²) in [6.07, 6.45) is 0. The minimum atomic E-state index is -0.563. The molecule has 0 amide bonds. The van der Waals surface area contributed by atoms with E-state index in [1.54, 1.807) is 6.92 Å². The van der Waals surface area contributed by atoms with Gasteiger partial charge in [-0.15, -0.1) is 0 Å². The monoisotopic (exact) mass is 246 g/mol. The van der Waals surface area contributed by atoms with E-state index in [1.807, 2.05) is 0 Å². The largest absolute Gasteiger partial charge is 0.466 e. The SMILES string of the molecule is C=C(CO)C(=O)OC.C=C(CO)C(=O)OCC. The van der Waals surface area contributed by atoms with Crippen molar-refractivity contribution in [3.63, 3.8) is 0 Å². The molecule has 0 saturated heterocycles. The van der Waals surface area contributed by atoms with E-state index in [0.29, 0.717) is 6.61 Å². The molecule has 2 N–H and O–H groups in total. The molecule has 98 valence electrons. The molecule has 0 rings (SSSR count). The van der Waals surface area contributed by atoms with Crippen LogP contribution in [-0.4, -0.2) is 49.1 Å². The summed E-state index contributed by atoms with van der Waals surface area (Å²) >= 11 is 0. The van der Waals surface area contributed by atoms with Gasteiger partial charge < -0.3 is 19.7 Å². The third-order valence-corrected chi connectivity index (χ3v) is 1.42. The fourth-order valence-electron chi connectivity index (χ4n) is 0.507. The van der Waals surface area contributed by atoms with Gasteiger partial charge in [0.25, 0.3) is 0 Å². The molecule has 0 heterocycles. The maximum Gasteiger partial charge on any atom is 0.335 e. The van der Waals surface area contributed by atoms with Crippen LogP contribution in [0.15, 0.2) is 24.3 Å². The third kappa shape index (κ3) is 9.28. The number of carbonyl (C=O) groups is 2. The lowest BCUT2D eigenvalue weighted by molar-refractivity contribution is -0.139. The Hall–Kier alpha value is -1.66. The fraction of sp³-hybridized carbons (Fsp3) is 0.455. The van der Waals surface area contributed by atoms with Crippen LogP contribution in [0.1, 0.15) is 6.92 Å². The van der Waals surface area contributed by atoms with Crippen molar-refractivity contribution in [1.82, 2.24) is 0 Å². The standard InChI is InChI=1S/C6H10O3.C5H8O3/c1-3-9-6(8)5(2)4-7;1-4(3-6)5(7)8-2/h7H,2-4H2,1H3;6H,1,3H2,2H3. The summed E-state index contributed by atoms with van der Waals surface area (Å²) in [7, 11) is 1.24. The van der Waals surface area contributed by atoms with Crippen molar-refractivity contribution in [3.05, 3.63) is 24.3 Å². The van der Waals surface area contributed by atoms with E-state index in [9.17, 15) is 9.59 Å². The summed E-state index contributed by atoms with van der Waals surface area (Å²) in [6.45, 7) is 7.83. The van der Waals surface area contributed by atoms with Gasteiger partial charge in [-0.1, -0.05) is 13.2 Å². The van der Waals surface area contributed by atoms with Crippen LogP contribution in [0.5, 0.6) is 0 Å². The van der Waals surface area contributed by atoms with E-state index >= 15 is 0 Å². The van der Waals surface area contributed by atoms with E-state index < -0.39 is 11.9 Å². The van der Waals surface area contributed by atoms with Crippen LogP contribution >= 0.6 is 0 Å². The van der Waals surface area contributed by atoms with Gasteiger partial charge in [0.05, 0.1) is 38.1 Å². The van der Waals surface area contributed by atoms with Gasteiger partial charge in [0.1, 0.15) is 0 Å². The summed E-state index contributed by atoms with van der Waals surface area (Å²) in [4.78, 5) is 20.8. The van der Waals surface area contributed by atoms with Crippen molar-refractivity contribution >= 4 is 11.9 Å². The van der Waals surface area contributed by atoms with Crippen LogP contribution < -0.4 is 0 Å². The highest BCUT2D eigenvalue weighted by Crippen LogP contribution is 1.91. The highest BCUT2D eigenvalue weighted by Gasteiger charge is 2.03. The zero-order valence-electron chi connectivity index (χ0n) is 10.1. The van der Waals surface area contributed by atoms with Crippen LogP contribution in [0, 0.1) is 0 Å². The van der Waals surface area contributed by atoms with E-state index in [4.69, 9.17) is 10.2 Å². The van der Waals surface area contributed by atoms with E-state index in [-0.39, 0.29) is 24.4 Å². The smallest absolute Gasteiger partial charge is 0.335 e. The van der Waals surface area contributed by atoms with Crippen molar-refractivity contribution in [2.24, 2.45) is 0 Å². The molecule has 0 bridgehead atoms. The summed E-state index contributed by atoms with van der Waals surface area (Å²) in [6, 6.07) is 0. The van der Waals surface area contributed by atoms with Gasteiger partial charge in [-0.3, -0.25) is 0 Å². The summed E-state index contributed by atoms with van der Waals surface area (Å²) in [5, 5.41) is 16.6. The molecule has 0 saturated carbocycles. The van der Waals surface area contributed by atoms with Crippen molar-refractivity contribution in [3.8, 4) is 0 Å². The molecule has 0 aliphatic carbocycles. The molecule has 0 aromatic carbocycles. The van der Waals surface area contributed by atoms with Crippen LogP contribution in [-0.2, 0) is 19.1 Å². The Balaban J connectivity index is 0. The Labute approximate surface area is 100 Å². The number of rotatable bonds is 5. The second-order valence-electron chi connectivity index (χ2n) is 2.74. The lowest BCUT2D eigenvalue weighted by atomic mass is 10.3. The van der Waals surface area contributed by atoms with Crippen LogP contribution in [0.3, 0.4) is 0 Å². The Bertz CT molecular complexity index is 268. The quantitative estimate of drug-likeness (QED) is 0.515. The van der Waals surface area contributed by atoms with Gasteiger partial charge in [0.2, 0.25) is 0 Å². The molecule has 0 spiro atoms. The maximum absolute atomic E-state index is 10.5. The molecule has 0 atom stereocenters. The van der Waals surface area contributed by atoms with Gasteiger partial charge >= 0.3 is 11.9 Å². The second-order valence-corrected chi connectivity index (χ2v) is 2.74. The number of hydrogen-bond acceptors (Lipinski definition) is 6. The fourth-order valence-corrected chi connectivity index (χ4v) is 0.507. The lowest BCUT2D eigenvalue weighted by Gasteiger charge is -1.99. The van der Waals surface area contributed by atoms with Crippen molar-refractivity contribution in [2.45, 2.75) is 6.92 Å². The van der Waals surface area contributed by atoms with Crippen molar-refractivity contribution in [2.75, 3.05) is 26.9 Å². The molecule has 0 aromatic rings. The molecule has 6 nitrogen and oxygen atoms in total. The number of aliphatic hydroxyl groups is 2. The van der Waals surface area contributed by atoms with Crippen molar-refractivity contribution < 1.29 is 29.3 Å². The number of esters is 2. The molecule has 0 radical (unpaired) electrons. The Morgan fingerprint density at radius 2 is 1.47 bits per heavy atom. The average molecular weight is 246 g/mol. The highest BCUT2D eigenvalue weighted by atomic mass is 16.5. The van der Waals surface area contributed by atoms with Crippen LogP contribution in [0.25, 0.3) is 0 Å². The Kier molecular flexibility index (Phi) is 11.3. The second kappa shape index (κ2) is 10.8. The first-order chi connectivity index (χ1) is 7.94. The number of ether oxygens (including phenoxy) is 2. The molecule has 0 aliphatic heterocycles. The number of methoxy groups -OCH3 is 1. The lowest BCUT2D eigenvalue weighted by Crippen LogP contribution is -2.08. The molecular formula is C11H18O6. The number of aliphatic hydroxyl groups excluding tert-OH is 2. The van der Waals surface area contributed by atoms with E-state index in [2.05, 4.69) is 22.6 Å². The molecule has 0 aromatic heterocycles. The minimum absolute atomic E-state index is 0.0764. The summed E-state index contributed by atoms with van der Waals surface area (Å²) < 4.78 is 8.70. The Morgan fingerprint density at radius 1 is 1.06 bits per heavy atom. The van der Waals surface area contributed by atoms with Crippen LogP contribution in [0.4, 0.5) is 0 Å². The first kappa shape index (κ1) is 17.7. The number of carbonyl (C=O) groups excluding carboxylic acids is 2. The first-order valence-corrected chi connectivity index (χ1v) is 4.77. The molecular weight excluding hydrogens is 228 g/mol. The van der Waals surface area contributed by atoms with Gasteiger partial charge in [-0.05, 0) is 6.92 Å². The molecule has 17 heavy (non-hydrogen) atoms. The normalized spacial score (nSPS) is 8.47. The molecule has 0 fully saturated rings. The van der Waals surface area contributed by atoms with E-state index in [0.717, 1.165) is 0 Å². The first-order valence-electron chi connectivity index (χ1n) is 4.77. The van der Waals surface area contributed by atoms with Crippen LogP contribution in [0.2, 0.25) is 0 Å². The predicted octanol–water partition coefficient (Wildman–Crippen LogP) is -0.194.